The van der Waals surface area contributed by atoms with Crippen molar-refractivity contribution in [2.45, 2.75) is 40.2 Å². The number of amides is 1. The Balaban J connectivity index is 1.56. The fourth-order valence-electron chi connectivity index (χ4n) is 5.26. The quantitative estimate of drug-likeness (QED) is 0.398. The van der Waals surface area contributed by atoms with E-state index in [0.717, 1.165) is 38.3 Å². The van der Waals surface area contributed by atoms with Crippen molar-refractivity contribution in [3.63, 3.8) is 0 Å². The molecule has 0 radical (unpaired) electrons. The lowest BCUT2D eigenvalue weighted by Gasteiger charge is -2.30. The molecule has 178 valence electrons. The van der Waals surface area contributed by atoms with E-state index in [-0.39, 0.29) is 5.91 Å². The third kappa shape index (κ3) is 6.15. The minimum absolute atomic E-state index is 0.151. The molecule has 1 aliphatic heterocycles. The van der Waals surface area contributed by atoms with Gasteiger partial charge >= 0.3 is 0 Å². The van der Waals surface area contributed by atoms with Crippen LogP contribution in [0.5, 0.6) is 0 Å². The van der Waals surface area contributed by atoms with Gasteiger partial charge < -0.3 is 4.90 Å². The highest BCUT2D eigenvalue weighted by molar-refractivity contribution is 5.94. The first-order valence-electron chi connectivity index (χ1n) is 12.6. The molecule has 1 heterocycles. The van der Waals surface area contributed by atoms with Gasteiger partial charge in [-0.05, 0) is 48.9 Å². The Hall–Kier alpha value is -2.91. The number of likely N-dealkylation sites (tertiary alicyclic amines) is 1. The van der Waals surface area contributed by atoms with Crippen LogP contribution in [0.2, 0.25) is 0 Å². The van der Waals surface area contributed by atoms with Gasteiger partial charge in [0.25, 0.3) is 5.91 Å². The summed E-state index contributed by atoms with van der Waals surface area (Å²) in [6.45, 7) is 13.2. The second-order valence-electron chi connectivity index (χ2n) is 10.4. The van der Waals surface area contributed by atoms with E-state index in [4.69, 9.17) is 0 Å². The summed E-state index contributed by atoms with van der Waals surface area (Å²) >= 11 is 0. The van der Waals surface area contributed by atoms with E-state index in [1.807, 2.05) is 24.3 Å². The van der Waals surface area contributed by atoms with Gasteiger partial charge in [-0.2, -0.15) is 0 Å². The highest BCUT2D eigenvalue weighted by Gasteiger charge is 2.36. The van der Waals surface area contributed by atoms with E-state index < -0.39 is 0 Å². The van der Waals surface area contributed by atoms with Crippen LogP contribution in [0.15, 0.2) is 78.9 Å². The fourth-order valence-corrected chi connectivity index (χ4v) is 5.26. The maximum Gasteiger partial charge on any atom is 0.253 e. The second kappa shape index (κ2) is 11.0. The maximum absolute atomic E-state index is 13.5. The first kappa shape index (κ1) is 24.2. The lowest BCUT2D eigenvalue weighted by Crippen LogP contribution is -2.39. The molecule has 1 aliphatic rings. The summed E-state index contributed by atoms with van der Waals surface area (Å²) in [6, 6.07) is 27.7. The predicted octanol–water partition coefficient (Wildman–Crippen LogP) is 6.32. The third-order valence-electron chi connectivity index (χ3n) is 6.86. The van der Waals surface area contributed by atoms with Gasteiger partial charge in [-0.25, -0.2) is 0 Å². The number of hydrogen-bond acceptors (Lipinski definition) is 2. The predicted molar refractivity (Wildman–Crippen MR) is 141 cm³/mol. The molecule has 34 heavy (non-hydrogen) atoms. The van der Waals surface area contributed by atoms with Gasteiger partial charge in [0.2, 0.25) is 0 Å². The van der Waals surface area contributed by atoms with E-state index in [1.165, 1.54) is 22.3 Å². The van der Waals surface area contributed by atoms with Gasteiger partial charge in [0.15, 0.2) is 0 Å². The number of aryl methyl sites for hydroxylation is 2. The van der Waals surface area contributed by atoms with Crippen molar-refractivity contribution in [1.82, 2.24) is 9.80 Å². The van der Waals surface area contributed by atoms with Crippen LogP contribution in [0.25, 0.3) is 0 Å². The summed E-state index contributed by atoms with van der Waals surface area (Å²) in [7, 11) is 0. The van der Waals surface area contributed by atoms with Gasteiger partial charge in [0.1, 0.15) is 0 Å². The van der Waals surface area contributed by atoms with Gasteiger partial charge in [-0.15, -0.1) is 0 Å². The minimum atomic E-state index is 0.151. The van der Waals surface area contributed by atoms with Gasteiger partial charge in [-0.1, -0.05) is 91.7 Å². The topological polar surface area (TPSA) is 23.6 Å². The van der Waals surface area contributed by atoms with Crippen LogP contribution in [0.1, 0.15) is 52.4 Å². The zero-order chi connectivity index (χ0) is 24.1. The molecule has 1 saturated heterocycles. The standard InChI is InChI=1S/C31H38N2O/c1-23(2)18-33(31(34)28-15-13-24(3)14-16-28)21-29-20-32(19-26-10-8-9-25(4)17-26)22-30(29)27-11-6-5-7-12-27/h5-17,23,29-30H,18-22H2,1-4H3/t29-,30+/m0/s1. The maximum atomic E-state index is 13.5. The zero-order valence-electron chi connectivity index (χ0n) is 21.1. The monoisotopic (exact) mass is 454 g/mol. The average Bonchev–Trinajstić information content (AvgIpc) is 3.21. The molecule has 0 saturated carbocycles. The average molecular weight is 455 g/mol. The molecule has 0 spiro atoms. The van der Waals surface area contributed by atoms with Crippen LogP contribution in [-0.2, 0) is 6.54 Å². The fraction of sp³-hybridized carbons (Fsp3) is 0.387. The number of hydrogen-bond donors (Lipinski definition) is 0. The molecule has 1 amide bonds. The molecule has 0 aliphatic carbocycles. The molecule has 4 rings (SSSR count). The first-order chi connectivity index (χ1) is 16.4. The summed E-state index contributed by atoms with van der Waals surface area (Å²) in [5.41, 5.74) is 6.02. The molecule has 0 aromatic heterocycles. The number of carbonyl (C=O) groups excluding carboxylic acids is 1. The molecule has 3 heteroatoms. The summed E-state index contributed by atoms with van der Waals surface area (Å²) in [5, 5.41) is 0. The summed E-state index contributed by atoms with van der Waals surface area (Å²) in [4.78, 5) is 18.2. The summed E-state index contributed by atoms with van der Waals surface area (Å²) in [6.07, 6.45) is 0. The molecule has 3 nitrogen and oxygen atoms in total. The van der Waals surface area contributed by atoms with Crippen molar-refractivity contribution in [2.24, 2.45) is 11.8 Å². The van der Waals surface area contributed by atoms with Crippen molar-refractivity contribution in [3.05, 3.63) is 107 Å². The normalized spacial score (nSPS) is 18.4. The Kier molecular flexibility index (Phi) is 7.84. The van der Waals surface area contributed by atoms with Crippen LogP contribution < -0.4 is 0 Å². The Morgan fingerprint density at radius 2 is 1.65 bits per heavy atom. The van der Waals surface area contributed by atoms with E-state index >= 15 is 0 Å². The Morgan fingerprint density at radius 3 is 2.32 bits per heavy atom. The number of carbonyl (C=O) groups is 1. The highest BCUT2D eigenvalue weighted by Crippen LogP contribution is 2.34. The smallest absolute Gasteiger partial charge is 0.253 e. The van der Waals surface area contributed by atoms with Crippen molar-refractivity contribution < 1.29 is 4.79 Å². The molecule has 0 unspecified atom stereocenters. The number of benzene rings is 3. The molecule has 3 aromatic carbocycles. The minimum Gasteiger partial charge on any atom is -0.338 e. The van der Waals surface area contributed by atoms with Crippen LogP contribution in [0.3, 0.4) is 0 Å². The van der Waals surface area contributed by atoms with Crippen LogP contribution in [0.4, 0.5) is 0 Å². The van der Waals surface area contributed by atoms with Crippen molar-refractivity contribution in [2.75, 3.05) is 26.2 Å². The Bertz CT molecular complexity index is 1070. The lowest BCUT2D eigenvalue weighted by atomic mass is 9.88. The van der Waals surface area contributed by atoms with E-state index in [2.05, 4.69) is 92.1 Å². The van der Waals surface area contributed by atoms with Crippen LogP contribution >= 0.6 is 0 Å². The largest absolute Gasteiger partial charge is 0.338 e. The molecule has 2 atom stereocenters. The summed E-state index contributed by atoms with van der Waals surface area (Å²) < 4.78 is 0. The van der Waals surface area contributed by atoms with Crippen molar-refractivity contribution in [3.8, 4) is 0 Å². The van der Waals surface area contributed by atoms with E-state index in [9.17, 15) is 4.79 Å². The first-order valence-corrected chi connectivity index (χ1v) is 12.6. The SMILES string of the molecule is Cc1ccc(C(=O)N(CC(C)C)C[C@@H]2CN(Cc3cccc(C)c3)C[C@@H]2c2ccccc2)cc1. The van der Waals surface area contributed by atoms with Crippen LogP contribution in [0, 0.1) is 25.7 Å². The Morgan fingerprint density at radius 1 is 0.912 bits per heavy atom. The van der Waals surface area contributed by atoms with Crippen LogP contribution in [-0.4, -0.2) is 41.9 Å². The lowest BCUT2D eigenvalue weighted by molar-refractivity contribution is 0.0703. The van der Waals surface area contributed by atoms with E-state index in [1.54, 1.807) is 0 Å². The molecular weight excluding hydrogens is 416 g/mol. The molecule has 1 fully saturated rings. The second-order valence-corrected chi connectivity index (χ2v) is 10.4. The molecule has 3 aromatic rings. The third-order valence-corrected chi connectivity index (χ3v) is 6.86. The van der Waals surface area contributed by atoms with E-state index in [0.29, 0.717) is 17.8 Å². The number of nitrogens with zero attached hydrogens (tertiary/aromatic N) is 2. The highest BCUT2D eigenvalue weighted by atomic mass is 16.2. The number of rotatable bonds is 8. The van der Waals surface area contributed by atoms with Gasteiger partial charge in [0.05, 0.1) is 0 Å². The Labute approximate surface area is 205 Å². The van der Waals surface area contributed by atoms with Gasteiger partial charge in [-0.3, -0.25) is 9.69 Å². The summed E-state index contributed by atoms with van der Waals surface area (Å²) in [5.74, 6) is 1.40. The zero-order valence-corrected chi connectivity index (χ0v) is 21.1. The molecular formula is C31H38N2O. The molecule has 0 N–H and O–H groups in total. The van der Waals surface area contributed by atoms with Crippen molar-refractivity contribution >= 4 is 5.91 Å². The molecule has 0 bridgehead atoms. The van der Waals surface area contributed by atoms with Crippen molar-refractivity contribution in [1.29, 1.82) is 0 Å². The van der Waals surface area contributed by atoms with Gasteiger partial charge in [0, 0.05) is 44.2 Å².